The van der Waals surface area contributed by atoms with Gasteiger partial charge in [0.15, 0.2) is 5.96 Å². The fourth-order valence-corrected chi connectivity index (χ4v) is 3.66. The van der Waals surface area contributed by atoms with E-state index in [1.165, 1.54) is 25.7 Å². The van der Waals surface area contributed by atoms with Crippen molar-refractivity contribution in [3.05, 3.63) is 24.2 Å². The number of guanidine groups is 1. The number of likely N-dealkylation sites (tertiary alicyclic amines) is 1. The van der Waals surface area contributed by atoms with Gasteiger partial charge >= 0.3 is 0 Å². The van der Waals surface area contributed by atoms with Crippen LogP contribution in [0.15, 0.2) is 27.8 Å². The molecule has 3 heterocycles. The predicted octanol–water partition coefficient (Wildman–Crippen LogP) is 2.29. The third-order valence-electron chi connectivity index (χ3n) is 5.27. The summed E-state index contributed by atoms with van der Waals surface area (Å²) in [5.74, 6) is 3.65. The number of aliphatic imine (C=N–C) groups is 1. The molecule has 3 fully saturated rings. The number of nitrogens with zero attached hydrogens (tertiary/aromatic N) is 2. The van der Waals surface area contributed by atoms with Crippen LogP contribution in [0.2, 0.25) is 0 Å². The highest BCUT2D eigenvalue weighted by atomic mass is 16.5. The second-order valence-corrected chi connectivity index (χ2v) is 7.07. The van der Waals surface area contributed by atoms with Gasteiger partial charge in [0.25, 0.3) is 0 Å². The topological polar surface area (TPSA) is 50.0 Å². The van der Waals surface area contributed by atoms with Gasteiger partial charge in [-0.25, -0.2) is 0 Å². The van der Waals surface area contributed by atoms with Gasteiger partial charge < -0.3 is 19.4 Å². The van der Waals surface area contributed by atoms with Crippen molar-refractivity contribution < 1.29 is 9.15 Å². The van der Waals surface area contributed by atoms with Crippen LogP contribution in [0.3, 0.4) is 0 Å². The number of furan rings is 1. The van der Waals surface area contributed by atoms with Crippen molar-refractivity contribution in [3.8, 4) is 0 Å². The Labute approximate surface area is 138 Å². The molecular weight excluding hydrogens is 290 g/mol. The fourth-order valence-electron chi connectivity index (χ4n) is 3.66. The van der Waals surface area contributed by atoms with Crippen molar-refractivity contribution in [2.24, 2.45) is 16.8 Å². The maximum absolute atomic E-state index is 5.57. The molecule has 2 atom stereocenters. The van der Waals surface area contributed by atoms with Crippen LogP contribution in [0.4, 0.5) is 0 Å². The van der Waals surface area contributed by atoms with Crippen molar-refractivity contribution in [2.45, 2.75) is 38.1 Å². The molecule has 0 radical (unpaired) electrons. The van der Waals surface area contributed by atoms with Crippen LogP contribution in [-0.2, 0) is 11.2 Å². The molecule has 23 heavy (non-hydrogen) atoms. The SMILES string of the molecule is c1coc(CCN=C(NC2CC2)N2CCC(C3CCOC3)C2)c1. The minimum absolute atomic E-state index is 0.645. The van der Waals surface area contributed by atoms with Gasteiger partial charge in [-0.2, -0.15) is 0 Å². The largest absolute Gasteiger partial charge is 0.469 e. The minimum Gasteiger partial charge on any atom is -0.469 e. The van der Waals surface area contributed by atoms with E-state index in [-0.39, 0.29) is 0 Å². The second-order valence-electron chi connectivity index (χ2n) is 7.07. The molecular formula is C18H27N3O2. The maximum Gasteiger partial charge on any atom is 0.194 e. The van der Waals surface area contributed by atoms with Crippen molar-refractivity contribution in [1.82, 2.24) is 10.2 Å². The third-order valence-corrected chi connectivity index (χ3v) is 5.27. The first kappa shape index (κ1) is 15.1. The zero-order chi connectivity index (χ0) is 15.5. The molecule has 5 nitrogen and oxygen atoms in total. The van der Waals surface area contributed by atoms with Gasteiger partial charge in [-0.3, -0.25) is 4.99 Å². The standard InChI is InChI=1S/C18H27N3O2/c1-2-17(23-10-1)5-8-19-18(20-16-3-4-16)21-9-6-14(12-21)15-7-11-22-13-15/h1-2,10,14-16H,3-9,11-13H2,(H,19,20). The predicted molar refractivity (Wildman–Crippen MR) is 89.5 cm³/mol. The summed E-state index contributed by atoms with van der Waals surface area (Å²) in [6.45, 7) is 4.95. The summed E-state index contributed by atoms with van der Waals surface area (Å²) in [6, 6.07) is 4.61. The first-order valence-corrected chi connectivity index (χ1v) is 9.04. The molecule has 2 saturated heterocycles. The summed E-state index contributed by atoms with van der Waals surface area (Å²) < 4.78 is 11.0. The highest BCUT2D eigenvalue weighted by Gasteiger charge is 2.34. The van der Waals surface area contributed by atoms with Crippen LogP contribution >= 0.6 is 0 Å². The Balaban J connectivity index is 1.35. The van der Waals surface area contributed by atoms with Crippen LogP contribution in [-0.4, -0.2) is 49.7 Å². The first-order valence-electron chi connectivity index (χ1n) is 9.04. The quantitative estimate of drug-likeness (QED) is 0.669. The van der Waals surface area contributed by atoms with Crippen LogP contribution < -0.4 is 5.32 Å². The van der Waals surface area contributed by atoms with E-state index >= 15 is 0 Å². The number of nitrogens with one attached hydrogen (secondary N) is 1. The number of ether oxygens (including phenoxy) is 1. The molecule has 1 N–H and O–H groups in total. The summed E-state index contributed by atoms with van der Waals surface area (Å²) in [5.41, 5.74) is 0. The molecule has 1 saturated carbocycles. The van der Waals surface area contributed by atoms with Crippen LogP contribution in [0.25, 0.3) is 0 Å². The van der Waals surface area contributed by atoms with E-state index in [1.54, 1.807) is 6.26 Å². The molecule has 4 rings (SSSR count). The number of hydrogen-bond donors (Lipinski definition) is 1. The van der Waals surface area contributed by atoms with Gasteiger partial charge in [-0.1, -0.05) is 0 Å². The normalized spacial score (nSPS) is 28.5. The summed E-state index contributed by atoms with van der Waals surface area (Å²) >= 11 is 0. The number of hydrogen-bond acceptors (Lipinski definition) is 3. The molecule has 5 heteroatoms. The van der Waals surface area contributed by atoms with E-state index in [9.17, 15) is 0 Å². The molecule has 126 valence electrons. The molecule has 2 aliphatic heterocycles. The Morgan fingerprint density at radius 1 is 1.26 bits per heavy atom. The molecule has 1 aromatic rings. The lowest BCUT2D eigenvalue weighted by molar-refractivity contribution is 0.173. The lowest BCUT2D eigenvalue weighted by Gasteiger charge is -2.23. The van der Waals surface area contributed by atoms with Crippen LogP contribution in [0.5, 0.6) is 0 Å². The monoisotopic (exact) mass is 317 g/mol. The van der Waals surface area contributed by atoms with Gasteiger partial charge in [0, 0.05) is 45.3 Å². The van der Waals surface area contributed by atoms with Gasteiger partial charge in [0.1, 0.15) is 5.76 Å². The van der Waals surface area contributed by atoms with E-state index in [0.29, 0.717) is 6.04 Å². The van der Waals surface area contributed by atoms with E-state index < -0.39 is 0 Å². The smallest absolute Gasteiger partial charge is 0.194 e. The van der Waals surface area contributed by atoms with Gasteiger partial charge in [-0.05, 0) is 49.7 Å². The van der Waals surface area contributed by atoms with E-state index in [1.807, 2.05) is 12.1 Å². The Kier molecular flexibility index (Phi) is 4.55. The summed E-state index contributed by atoms with van der Waals surface area (Å²) in [6.07, 6.45) is 7.68. The lowest BCUT2D eigenvalue weighted by atomic mass is 9.91. The molecule has 3 aliphatic rings. The average molecular weight is 317 g/mol. The number of rotatable bonds is 5. The molecule has 2 unspecified atom stereocenters. The maximum atomic E-state index is 5.57. The zero-order valence-corrected chi connectivity index (χ0v) is 13.7. The minimum atomic E-state index is 0.645. The second kappa shape index (κ2) is 6.95. The Morgan fingerprint density at radius 3 is 2.96 bits per heavy atom. The van der Waals surface area contributed by atoms with Crippen molar-refractivity contribution in [3.63, 3.8) is 0 Å². The third kappa shape index (κ3) is 3.89. The summed E-state index contributed by atoms with van der Waals surface area (Å²) in [5, 5.41) is 3.64. The van der Waals surface area contributed by atoms with E-state index in [0.717, 1.165) is 62.8 Å². The van der Waals surface area contributed by atoms with Crippen LogP contribution in [0.1, 0.15) is 31.4 Å². The highest BCUT2D eigenvalue weighted by Crippen LogP contribution is 2.30. The molecule has 0 amide bonds. The van der Waals surface area contributed by atoms with Crippen LogP contribution in [0, 0.1) is 11.8 Å². The lowest BCUT2D eigenvalue weighted by Crippen LogP contribution is -2.41. The molecule has 1 aromatic heterocycles. The van der Waals surface area contributed by atoms with E-state index in [4.69, 9.17) is 14.1 Å². The average Bonchev–Trinajstić information content (AvgIpc) is 3.06. The molecule has 1 aliphatic carbocycles. The van der Waals surface area contributed by atoms with Crippen molar-refractivity contribution in [2.75, 3.05) is 32.8 Å². The molecule has 0 spiro atoms. The van der Waals surface area contributed by atoms with Crippen molar-refractivity contribution in [1.29, 1.82) is 0 Å². The van der Waals surface area contributed by atoms with E-state index in [2.05, 4.69) is 10.2 Å². The molecule has 0 aromatic carbocycles. The van der Waals surface area contributed by atoms with Gasteiger partial charge in [0.05, 0.1) is 6.26 Å². The zero-order valence-electron chi connectivity index (χ0n) is 13.7. The Bertz CT molecular complexity index is 518. The van der Waals surface area contributed by atoms with Gasteiger partial charge in [0.2, 0.25) is 0 Å². The van der Waals surface area contributed by atoms with Crippen molar-refractivity contribution >= 4 is 5.96 Å². The first-order chi connectivity index (χ1) is 11.4. The fraction of sp³-hybridized carbons (Fsp3) is 0.722. The Morgan fingerprint density at radius 2 is 2.22 bits per heavy atom. The highest BCUT2D eigenvalue weighted by molar-refractivity contribution is 5.81. The summed E-state index contributed by atoms with van der Waals surface area (Å²) in [4.78, 5) is 7.32. The molecule has 0 bridgehead atoms. The summed E-state index contributed by atoms with van der Waals surface area (Å²) in [7, 11) is 0. The Hall–Kier alpha value is -1.49. The van der Waals surface area contributed by atoms with Gasteiger partial charge in [-0.15, -0.1) is 0 Å².